The minimum absolute atomic E-state index is 0.0204. The van der Waals surface area contributed by atoms with Crippen molar-refractivity contribution >= 4 is 29.3 Å². The third-order valence-electron chi connectivity index (χ3n) is 4.35. The number of thioether (sulfide) groups is 1. The standard InChI is InChI=1S/C21H24ClNO2S/c1-14-7-8-19-17(9-14)18(11-21(2,3)25-19)23-20(24)13-26-12-15-5-4-6-16(22)10-15/h4-10,18H,11-13H2,1-3H3,(H,23,24)/t18-/m1/s1. The van der Waals surface area contributed by atoms with E-state index in [0.29, 0.717) is 5.75 Å². The topological polar surface area (TPSA) is 38.3 Å². The molecular weight excluding hydrogens is 366 g/mol. The summed E-state index contributed by atoms with van der Waals surface area (Å²) in [6.07, 6.45) is 0.758. The zero-order chi connectivity index (χ0) is 18.7. The van der Waals surface area contributed by atoms with Gasteiger partial charge in [-0.25, -0.2) is 0 Å². The van der Waals surface area contributed by atoms with Gasteiger partial charge >= 0.3 is 0 Å². The van der Waals surface area contributed by atoms with Crippen molar-refractivity contribution < 1.29 is 9.53 Å². The van der Waals surface area contributed by atoms with E-state index >= 15 is 0 Å². The van der Waals surface area contributed by atoms with Gasteiger partial charge in [-0.3, -0.25) is 4.79 Å². The van der Waals surface area contributed by atoms with E-state index in [9.17, 15) is 4.79 Å². The van der Waals surface area contributed by atoms with Gasteiger partial charge in [-0.05, 0) is 44.5 Å². The van der Waals surface area contributed by atoms with E-state index in [1.54, 1.807) is 11.8 Å². The molecule has 0 aromatic heterocycles. The molecule has 0 radical (unpaired) electrons. The molecular formula is C21H24ClNO2S. The Labute approximate surface area is 164 Å². The van der Waals surface area contributed by atoms with Gasteiger partial charge in [0.2, 0.25) is 5.91 Å². The molecule has 2 aromatic carbocycles. The van der Waals surface area contributed by atoms with Crippen LogP contribution < -0.4 is 10.1 Å². The molecule has 1 heterocycles. The number of nitrogens with one attached hydrogen (secondary N) is 1. The number of amides is 1. The van der Waals surface area contributed by atoms with Crippen molar-refractivity contribution in [2.24, 2.45) is 0 Å². The Bertz CT molecular complexity index is 806. The Hall–Kier alpha value is -1.65. The highest BCUT2D eigenvalue weighted by Gasteiger charge is 2.34. The number of ether oxygens (including phenoxy) is 1. The fourth-order valence-corrected chi connectivity index (χ4v) is 4.23. The van der Waals surface area contributed by atoms with Crippen molar-refractivity contribution in [3.63, 3.8) is 0 Å². The second-order valence-corrected chi connectivity index (χ2v) is 8.77. The van der Waals surface area contributed by atoms with Crippen molar-refractivity contribution in [2.75, 3.05) is 5.75 Å². The van der Waals surface area contributed by atoms with E-state index in [4.69, 9.17) is 16.3 Å². The number of carbonyl (C=O) groups excluding carboxylic acids is 1. The molecule has 0 spiro atoms. The summed E-state index contributed by atoms with van der Waals surface area (Å²) in [5, 5.41) is 3.92. The average Bonchev–Trinajstić information content (AvgIpc) is 2.55. The van der Waals surface area contributed by atoms with Gasteiger partial charge in [0.15, 0.2) is 0 Å². The summed E-state index contributed by atoms with van der Waals surface area (Å²) in [6.45, 7) is 6.17. The highest BCUT2D eigenvalue weighted by Crippen LogP contribution is 2.39. The predicted molar refractivity (Wildman–Crippen MR) is 109 cm³/mol. The smallest absolute Gasteiger partial charge is 0.230 e. The zero-order valence-electron chi connectivity index (χ0n) is 15.3. The number of hydrogen-bond acceptors (Lipinski definition) is 3. The maximum atomic E-state index is 12.5. The van der Waals surface area contributed by atoms with Crippen LogP contribution in [0, 0.1) is 6.92 Å². The largest absolute Gasteiger partial charge is 0.487 e. The summed E-state index contributed by atoms with van der Waals surface area (Å²) in [7, 11) is 0. The lowest BCUT2D eigenvalue weighted by Gasteiger charge is -2.38. The highest BCUT2D eigenvalue weighted by atomic mass is 35.5. The summed E-state index contributed by atoms with van der Waals surface area (Å²) in [4.78, 5) is 12.5. The summed E-state index contributed by atoms with van der Waals surface area (Å²) in [5.74, 6) is 2.10. The lowest BCUT2D eigenvalue weighted by molar-refractivity contribution is -0.119. The molecule has 0 saturated heterocycles. The number of fused-ring (bicyclic) bond motifs is 1. The number of aryl methyl sites for hydroxylation is 1. The molecule has 138 valence electrons. The molecule has 1 aliphatic rings. The van der Waals surface area contributed by atoms with Crippen LogP contribution in [0.2, 0.25) is 5.02 Å². The second-order valence-electron chi connectivity index (χ2n) is 7.35. The first kappa shape index (κ1) is 19.1. The molecule has 0 saturated carbocycles. The molecule has 1 N–H and O–H groups in total. The summed E-state index contributed by atoms with van der Waals surface area (Å²) >= 11 is 7.60. The molecule has 0 unspecified atom stereocenters. The Balaban J connectivity index is 1.61. The van der Waals surface area contributed by atoms with Crippen LogP contribution in [0.15, 0.2) is 42.5 Å². The van der Waals surface area contributed by atoms with Gasteiger partial charge in [-0.15, -0.1) is 11.8 Å². The Kier molecular flexibility index (Phi) is 5.83. The zero-order valence-corrected chi connectivity index (χ0v) is 16.9. The molecule has 1 aliphatic heterocycles. The summed E-state index contributed by atoms with van der Waals surface area (Å²) in [6, 6.07) is 13.9. The van der Waals surface area contributed by atoms with Crippen LogP contribution in [0.5, 0.6) is 5.75 Å². The molecule has 0 bridgehead atoms. The van der Waals surface area contributed by atoms with E-state index < -0.39 is 0 Å². The van der Waals surface area contributed by atoms with Gasteiger partial charge in [0, 0.05) is 22.8 Å². The van der Waals surface area contributed by atoms with Gasteiger partial charge in [0.25, 0.3) is 0 Å². The SMILES string of the molecule is Cc1ccc2c(c1)[C@H](NC(=O)CSCc1cccc(Cl)c1)CC(C)(C)O2. The van der Waals surface area contributed by atoms with Crippen LogP contribution >= 0.6 is 23.4 Å². The molecule has 3 rings (SSSR count). The van der Waals surface area contributed by atoms with Gasteiger partial charge in [-0.2, -0.15) is 0 Å². The number of benzene rings is 2. The number of carbonyl (C=O) groups is 1. The molecule has 2 aromatic rings. The molecule has 0 fully saturated rings. The molecule has 26 heavy (non-hydrogen) atoms. The van der Waals surface area contributed by atoms with Crippen molar-refractivity contribution in [2.45, 2.75) is 44.6 Å². The van der Waals surface area contributed by atoms with E-state index in [1.165, 1.54) is 5.56 Å². The van der Waals surface area contributed by atoms with E-state index in [-0.39, 0.29) is 17.6 Å². The fourth-order valence-electron chi connectivity index (χ4n) is 3.23. The van der Waals surface area contributed by atoms with E-state index in [2.05, 4.69) is 32.2 Å². The number of rotatable bonds is 5. The first-order chi connectivity index (χ1) is 12.3. The maximum absolute atomic E-state index is 12.5. The van der Waals surface area contributed by atoms with Gasteiger partial charge in [-0.1, -0.05) is 41.4 Å². The lowest BCUT2D eigenvalue weighted by Crippen LogP contribution is -2.41. The molecule has 0 aliphatic carbocycles. The Morgan fingerprint density at radius 2 is 2.12 bits per heavy atom. The van der Waals surface area contributed by atoms with Crippen molar-refractivity contribution in [3.05, 3.63) is 64.2 Å². The van der Waals surface area contributed by atoms with Crippen LogP contribution in [0.1, 0.15) is 43.0 Å². The highest BCUT2D eigenvalue weighted by molar-refractivity contribution is 7.99. The first-order valence-electron chi connectivity index (χ1n) is 8.73. The Morgan fingerprint density at radius 3 is 2.88 bits per heavy atom. The monoisotopic (exact) mass is 389 g/mol. The van der Waals surface area contributed by atoms with Crippen molar-refractivity contribution in [3.8, 4) is 5.75 Å². The summed E-state index contributed by atoms with van der Waals surface area (Å²) in [5.41, 5.74) is 3.07. The minimum Gasteiger partial charge on any atom is -0.487 e. The van der Waals surface area contributed by atoms with E-state index in [0.717, 1.165) is 34.1 Å². The van der Waals surface area contributed by atoms with Crippen LogP contribution in [0.25, 0.3) is 0 Å². The summed E-state index contributed by atoms with van der Waals surface area (Å²) < 4.78 is 6.07. The maximum Gasteiger partial charge on any atom is 0.230 e. The van der Waals surface area contributed by atoms with Crippen LogP contribution in [0.3, 0.4) is 0 Å². The molecule has 1 atom stereocenters. The Morgan fingerprint density at radius 1 is 1.31 bits per heavy atom. The van der Waals surface area contributed by atoms with Crippen LogP contribution in [-0.4, -0.2) is 17.3 Å². The van der Waals surface area contributed by atoms with Crippen LogP contribution in [0.4, 0.5) is 0 Å². The quantitative estimate of drug-likeness (QED) is 0.753. The second kappa shape index (κ2) is 7.93. The van der Waals surface area contributed by atoms with Gasteiger partial charge in [0.1, 0.15) is 11.4 Å². The number of hydrogen-bond donors (Lipinski definition) is 1. The van der Waals surface area contributed by atoms with Crippen LogP contribution in [-0.2, 0) is 10.5 Å². The third kappa shape index (κ3) is 4.95. The lowest BCUT2D eigenvalue weighted by atomic mass is 9.89. The minimum atomic E-state index is -0.297. The molecule has 3 nitrogen and oxygen atoms in total. The van der Waals surface area contributed by atoms with Gasteiger partial charge < -0.3 is 10.1 Å². The number of halogens is 1. The molecule has 5 heteroatoms. The normalized spacial score (nSPS) is 17.9. The van der Waals surface area contributed by atoms with Crippen molar-refractivity contribution in [1.29, 1.82) is 0 Å². The third-order valence-corrected chi connectivity index (χ3v) is 5.59. The first-order valence-corrected chi connectivity index (χ1v) is 10.3. The molecule has 1 amide bonds. The average molecular weight is 390 g/mol. The predicted octanol–water partition coefficient (Wildman–Crippen LogP) is 5.30. The van der Waals surface area contributed by atoms with Gasteiger partial charge in [0.05, 0.1) is 11.8 Å². The fraction of sp³-hybridized carbons (Fsp3) is 0.381. The van der Waals surface area contributed by atoms with E-state index in [1.807, 2.05) is 36.4 Å². The van der Waals surface area contributed by atoms with Crippen molar-refractivity contribution in [1.82, 2.24) is 5.32 Å².